The number of methoxy groups -OCH3 is 1. The Hall–Kier alpha value is -2.82. The minimum atomic E-state index is -0.275. The van der Waals surface area contributed by atoms with E-state index >= 15 is 0 Å². The molecule has 0 spiro atoms. The molecule has 5 nitrogen and oxygen atoms in total. The van der Waals surface area contributed by atoms with Crippen LogP contribution in [0.2, 0.25) is 0 Å². The molecule has 0 heterocycles. The van der Waals surface area contributed by atoms with Crippen LogP contribution in [0.15, 0.2) is 48.5 Å². The number of carbonyl (C=O) groups excluding carboxylic acids is 2. The van der Waals surface area contributed by atoms with E-state index in [0.29, 0.717) is 29.1 Å². The van der Waals surface area contributed by atoms with Crippen LogP contribution in [0.3, 0.4) is 0 Å². The Morgan fingerprint density at radius 2 is 1.70 bits per heavy atom. The SMILES string of the molecule is CCCNC(=O)c1ccccc1NC(=O)c1ccc(OC)cc1. The highest BCUT2D eigenvalue weighted by Gasteiger charge is 2.13. The summed E-state index contributed by atoms with van der Waals surface area (Å²) in [6.45, 7) is 2.58. The molecular weight excluding hydrogens is 292 g/mol. The highest BCUT2D eigenvalue weighted by molar-refractivity contribution is 6.09. The summed E-state index contributed by atoms with van der Waals surface area (Å²) >= 11 is 0. The van der Waals surface area contributed by atoms with Crippen molar-refractivity contribution in [3.63, 3.8) is 0 Å². The van der Waals surface area contributed by atoms with Crippen LogP contribution in [0, 0.1) is 0 Å². The van der Waals surface area contributed by atoms with Gasteiger partial charge in [0.05, 0.1) is 18.4 Å². The summed E-state index contributed by atoms with van der Waals surface area (Å²) in [5, 5.41) is 5.59. The molecule has 2 aromatic rings. The van der Waals surface area contributed by atoms with Crippen LogP contribution in [0.4, 0.5) is 5.69 Å². The van der Waals surface area contributed by atoms with Crippen molar-refractivity contribution >= 4 is 17.5 Å². The summed E-state index contributed by atoms with van der Waals surface area (Å²) in [6, 6.07) is 13.7. The van der Waals surface area contributed by atoms with E-state index < -0.39 is 0 Å². The minimum Gasteiger partial charge on any atom is -0.497 e. The van der Waals surface area contributed by atoms with Gasteiger partial charge in [-0.2, -0.15) is 0 Å². The van der Waals surface area contributed by atoms with E-state index in [0.717, 1.165) is 6.42 Å². The third-order valence-electron chi connectivity index (χ3n) is 3.31. The van der Waals surface area contributed by atoms with E-state index in [1.54, 1.807) is 55.6 Å². The van der Waals surface area contributed by atoms with E-state index in [-0.39, 0.29) is 11.8 Å². The van der Waals surface area contributed by atoms with Crippen molar-refractivity contribution in [3.05, 3.63) is 59.7 Å². The van der Waals surface area contributed by atoms with Crippen LogP contribution in [0.1, 0.15) is 34.1 Å². The van der Waals surface area contributed by atoms with E-state index in [1.165, 1.54) is 0 Å². The summed E-state index contributed by atoms with van der Waals surface area (Å²) in [6.07, 6.45) is 0.853. The standard InChI is InChI=1S/C18H20N2O3/c1-3-12-19-18(22)15-6-4-5-7-16(15)20-17(21)13-8-10-14(23-2)11-9-13/h4-11H,3,12H2,1-2H3,(H,19,22)(H,20,21). The van der Waals surface area contributed by atoms with Gasteiger partial charge in [-0.15, -0.1) is 0 Å². The molecule has 23 heavy (non-hydrogen) atoms. The first kappa shape index (κ1) is 16.5. The fourth-order valence-corrected chi connectivity index (χ4v) is 2.06. The third kappa shape index (κ3) is 4.32. The van der Waals surface area contributed by atoms with Gasteiger partial charge in [-0.05, 0) is 42.8 Å². The first-order chi connectivity index (χ1) is 11.2. The average Bonchev–Trinajstić information content (AvgIpc) is 2.60. The minimum absolute atomic E-state index is 0.197. The van der Waals surface area contributed by atoms with Crippen LogP contribution in [-0.2, 0) is 0 Å². The molecule has 0 atom stereocenters. The van der Waals surface area contributed by atoms with Gasteiger partial charge in [0, 0.05) is 12.1 Å². The number of hydrogen-bond acceptors (Lipinski definition) is 3. The molecule has 0 unspecified atom stereocenters. The predicted molar refractivity (Wildman–Crippen MR) is 90.0 cm³/mol. The second-order valence-corrected chi connectivity index (χ2v) is 4.98. The lowest BCUT2D eigenvalue weighted by Gasteiger charge is -2.11. The van der Waals surface area contributed by atoms with Gasteiger partial charge in [0.15, 0.2) is 0 Å². The third-order valence-corrected chi connectivity index (χ3v) is 3.31. The lowest BCUT2D eigenvalue weighted by Crippen LogP contribution is -2.25. The van der Waals surface area contributed by atoms with Crippen LogP contribution in [-0.4, -0.2) is 25.5 Å². The Labute approximate surface area is 135 Å². The van der Waals surface area contributed by atoms with Crippen LogP contribution >= 0.6 is 0 Å². The van der Waals surface area contributed by atoms with Gasteiger partial charge in [0.2, 0.25) is 0 Å². The number of ether oxygens (including phenoxy) is 1. The highest BCUT2D eigenvalue weighted by Crippen LogP contribution is 2.17. The molecule has 0 aromatic heterocycles. The molecule has 0 aliphatic heterocycles. The molecule has 0 saturated heterocycles. The maximum atomic E-state index is 12.3. The van der Waals surface area contributed by atoms with Crippen LogP contribution in [0.5, 0.6) is 5.75 Å². The Bertz CT molecular complexity index is 681. The Morgan fingerprint density at radius 3 is 2.35 bits per heavy atom. The number of hydrogen-bond donors (Lipinski definition) is 2. The maximum Gasteiger partial charge on any atom is 0.255 e. The van der Waals surface area contributed by atoms with Gasteiger partial charge in [-0.1, -0.05) is 19.1 Å². The number of carbonyl (C=O) groups is 2. The van der Waals surface area contributed by atoms with Gasteiger partial charge in [-0.25, -0.2) is 0 Å². The van der Waals surface area contributed by atoms with Crippen molar-refractivity contribution in [2.75, 3.05) is 19.0 Å². The molecule has 0 fully saturated rings. The maximum absolute atomic E-state index is 12.3. The smallest absolute Gasteiger partial charge is 0.255 e. The molecule has 2 N–H and O–H groups in total. The normalized spacial score (nSPS) is 10.0. The molecule has 2 amide bonds. The molecule has 5 heteroatoms. The number of amides is 2. The zero-order chi connectivity index (χ0) is 16.7. The summed E-state index contributed by atoms with van der Waals surface area (Å²) < 4.78 is 5.07. The van der Waals surface area contributed by atoms with Gasteiger partial charge in [0.1, 0.15) is 5.75 Å². The molecule has 0 radical (unpaired) electrons. The molecule has 0 aliphatic carbocycles. The molecular formula is C18H20N2O3. The van der Waals surface area contributed by atoms with Crippen molar-refractivity contribution in [1.29, 1.82) is 0 Å². The van der Waals surface area contributed by atoms with Gasteiger partial charge < -0.3 is 15.4 Å². The largest absolute Gasteiger partial charge is 0.497 e. The zero-order valence-electron chi connectivity index (χ0n) is 13.3. The average molecular weight is 312 g/mol. The second-order valence-electron chi connectivity index (χ2n) is 4.98. The van der Waals surface area contributed by atoms with Crippen molar-refractivity contribution < 1.29 is 14.3 Å². The number of anilines is 1. The fourth-order valence-electron chi connectivity index (χ4n) is 2.06. The number of rotatable bonds is 6. The van der Waals surface area contributed by atoms with E-state index in [2.05, 4.69) is 10.6 Å². The van der Waals surface area contributed by atoms with Crippen molar-refractivity contribution in [1.82, 2.24) is 5.32 Å². The predicted octanol–water partition coefficient (Wildman–Crippen LogP) is 3.09. The van der Waals surface area contributed by atoms with Crippen LogP contribution < -0.4 is 15.4 Å². The topological polar surface area (TPSA) is 67.4 Å². The summed E-state index contributed by atoms with van der Waals surface area (Å²) in [5.41, 5.74) is 1.43. The highest BCUT2D eigenvalue weighted by atomic mass is 16.5. The summed E-state index contributed by atoms with van der Waals surface area (Å²) in [7, 11) is 1.57. The monoisotopic (exact) mass is 312 g/mol. The van der Waals surface area contributed by atoms with Gasteiger partial charge >= 0.3 is 0 Å². The molecule has 0 saturated carbocycles. The van der Waals surface area contributed by atoms with Crippen molar-refractivity contribution in [2.45, 2.75) is 13.3 Å². The fraction of sp³-hybridized carbons (Fsp3) is 0.222. The molecule has 120 valence electrons. The number of nitrogens with one attached hydrogen (secondary N) is 2. The molecule has 0 bridgehead atoms. The lowest BCUT2D eigenvalue weighted by atomic mass is 10.1. The Morgan fingerprint density at radius 1 is 1.00 bits per heavy atom. The van der Waals surface area contributed by atoms with E-state index in [1.807, 2.05) is 6.92 Å². The Kier molecular flexibility index (Phi) is 5.74. The second kappa shape index (κ2) is 7.98. The molecule has 2 rings (SSSR count). The van der Waals surface area contributed by atoms with Gasteiger partial charge in [-0.3, -0.25) is 9.59 Å². The first-order valence-electron chi connectivity index (χ1n) is 7.48. The van der Waals surface area contributed by atoms with Crippen molar-refractivity contribution in [2.24, 2.45) is 0 Å². The molecule has 0 aliphatic rings. The quantitative estimate of drug-likeness (QED) is 0.861. The summed E-state index contributed by atoms with van der Waals surface area (Å²) in [4.78, 5) is 24.5. The number of para-hydroxylation sites is 1. The van der Waals surface area contributed by atoms with E-state index in [9.17, 15) is 9.59 Å². The van der Waals surface area contributed by atoms with Crippen LogP contribution in [0.25, 0.3) is 0 Å². The summed E-state index contributed by atoms with van der Waals surface area (Å²) in [5.74, 6) is 0.210. The lowest BCUT2D eigenvalue weighted by molar-refractivity contribution is 0.0954. The zero-order valence-corrected chi connectivity index (χ0v) is 13.3. The van der Waals surface area contributed by atoms with E-state index in [4.69, 9.17) is 4.74 Å². The van der Waals surface area contributed by atoms with Crippen molar-refractivity contribution in [3.8, 4) is 5.75 Å². The number of benzene rings is 2. The molecule has 2 aromatic carbocycles. The first-order valence-corrected chi connectivity index (χ1v) is 7.48. The van der Waals surface area contributed by atoms with Gasteiger partial charge in [0.25, 0.3) is 11.8 Å². The Balaban J connectivity index is 2.15.